The molecule has 0 aliphatic rings. The van der Waals surface area contributed by atoms with E-state index in [0.29, 0.717) is 28.7 Å². The summed E-state index contributed by atoms with van der Waals surface area (Å²) in [5.74, 6) is 2.67. The van der Waals surface area contributed by atoms with Gasteiger partial charge in [0.1, 0.15) is 17.2 Å². The van der Waals surface area contributed by atoms with E-state index in [0.717, 1.165) is 0 Å². The Hall–Kier alpha value is -3.14. The van der Waals surface area contributed by atoms with Crippen LogP contribution in [0.15, 0.2) is 72.8 Å². The maximum Gasteiger partial charge on any atom is 0.169 e. The zero-order valence-electron chi connectivity index (χ0n) is 11.8. The lowest BCUT2D eigenvalue weighted by Gasteiger charge is -2.12. The molecule has 0 amide bonds. The zero-order valence-corrected chi connectivity index (χ0v) is 11.8. The monoisotopic (exact) mass is 293 g/mol. The van der Waals surface area contributed by atoms with Crippen LogP contribution in [-0.2, 0) is 0 Å². The zero-order chi connectivity index (χ0) is 15.4. The van der Waals surface area contributed by atoms with Crippen LogP contribution in [0.4, 0.5) is 5.69 Å². The molecule has 110 valence electrons. The molecule has 0 saturated heterocycles. The quantitative estimate of drug-likeness (QED) is 0.692. The van der Waals surface area contributed by atoms with Gasteiger partial charge in [0, 0.05) is 5.69 Å². The number of ether oxygens (including phenoxy) is 2. The molecule has 0 fully saturated rings. The van der Waals surface area contributed by atoms with Crippen molar-refractivity contribution in [2.45, 2.75) is 0 Å². The SMILES string of the molecule is Nc1ccc(Oc2ccccc2Oc2ccc(O)cc2)cc1. The van der Waals surface area contributed by atoms with Crippen LogP contribution in [0.3, 0.4) is 0 Å². The van der Waals surface area contributed by atoms with Crippen molar-refractivity contribution < 1.29 is 14.6 Å². The minimum absolute atomic E-state index is 0.193. The number of benzene rings is 3. The van der Waals surface area contributed by atoms with E-state index >= 15 is 0 Å². The van der Waals surface area contributed by atoms with Gasteiger partial charge in [-0.15, -0.1) is 0 Å². The molecule has 0 aliphatic carbocycles. The van der Waals surface area contributed by atoms with Crippen LogP contribution in [0.25, 0.3) is 0 Å². The summed E-state index contributed by atoms with van der Waals surface area (Å²) in [5, 5.41) is 9.30. The topological polar surface area (TPSA) is 64.7 Å². The lowest BCUT2D eigenvalue weighted by Crippen LogP contribution is -1.90. The standard InChI is InChI=1S/C18H15NO3/c19-13-5-9-15(10-6-13)21-17-3-1-2-4-18(17)22-16-11-7-14(20)8-12-16/h1-12,20H,19H2. The summed E-state index contributed by atoms with van der Waals surface area (Å²) < 4.78 is 11.6. The van der Waals surface area contributed by atoms with E-state index in [1.165, 1.54) is 0 Å². The van der Waals surface area contributed by atoms with Crippen molar-refractivity contribution >= 4 is 5.69 Å². The fourth-order valence-corrected chi connectivity index (χ4v) is 1.92. The van der Waals surface area contributed by atoms with Crippen LogP contribution in [0.2, 0.25) is 0 Å². The van der Waals surface area contributed by atoms with Gasteiger partial charge in [-0.2, -0.15) is 0 Å². The smallest absolute Gasteiger partial charge is 0.169 e. The van der Waals surface area contributed by atoms with Crippen molar-refractivity contribution in [2.75, 3.05) is 5.73 Å². The van der Waals surface area contributed by atoms with Gasteiger partial charge >= 0.3 is 0 Å². The molecule has 4 heteroatoms. The summed E-state index contributed by atoms with van der Waals surface area (Å²) in [4.78, 5) is 0. The van der Waals surface area contributed by atoms with Crippen LogP contribution in [-0.4, -0.2) is 5.11 Å². The summed E-state index contributed by atoms with van der Waals surface area (Å²) in [6.07, 6.45) is 0. The van der Waals surface area contributed by atoms with Gasteiger partial charge < -0.3 is 20.3 Å². The molecule has 3 aromatic carbocycles. The molecular formula is C18H15NO3. The number of rotatable bonds is 4. The van der Waals surface area contributed by atoms with Gasteiger partial charge in [-0.25, -0.2) is 0 Å². The van der Waals surface area contributed by atoms with E-state index in [1.54, 1.807) is 48.5 Å². The third kappa shape index (κ3) is 3.30. The number of aromatic hydroxyl groups is 1. The molecule has 4 nitrogen and oxygen atoms in total. The maximum atomic E-state index is 9.30. The number of nitrogens with two attached hydrogens (primary N) is 1. The second kappa shape index (κ2) is 6.10. The summed E-state index contributed by atoms with van der Waals surface area (Å²) in [7, 11) is 0. The van der Waals surface area contributed by atoms with Crippen LogP contribution in [0.1, 0.15) is 0 Å². The number of anilines is 1. The normalized spacial score (nSPS) is 10.2. The highest BCUT2D eigenvalue weighted by atomic mass is 16.5. The van der Waals surface area contributed by atoms with E-state index in [9.17, 15) is 5.11 Å². The highest BCUT2D eigenvalue weighted by molar-refractivity contribution is 5.47. The predicted octanol–water partition coefficient (Wildman–Crippen LogP) is 4.56. The molecule has 0 aromatic heterocycles. The fourth-order valence-electron chi connectivity index (χ4n) is 1.92. The maximum absolute atomic E-state index is 9.30. The Bertz CT molecular complexity index is 686. The van der Waals surface area contributed by atoms with Gasteiger partial charge in [0.2, 0.25) is 0 Å². The van der Waals surface area contributed by atoms with Crippen molar-refractivity contribution in [3.05, 3.63) is 72.8 Å². The number of phenolic OH excluding ortho intramolecular Hbond substituents is 1. The molecule has 0 unspecified atom stereocenters. The highest BCUT2D eigenvalue weighted by Crippen LogP contribution is 2.34. The molecule has 3 rings (SSSR count). The molecule has 0 aliphatic heterocycles. The van der Waals surface area contributed by atoms with Crippen LogP contribution >= 0.6 is 0 Å². The lowest BCUT2D eigenvalue weighted by atomic mass is 10.3. The third-order valence-electron chi connectivity index (χ3n) is 3.02. The molecule has 0 spiro atoms. The van der Waals surface area contributed by atoms with Gasteiger partial charge in [-0.05, 0) is 60.7 Å². The minimum Gasteiger partial charge on any atom is -0.508 e. The van der Waals surface area contributed by atoms with Gasteiger partial charge in [-0.3, -0.25) is 0 Å². The Morgan fingerprint density at radius 3 is 1.59 bits per heavy atom. The molecule has 0 radical (unpaired) electrons. The number of hydrogen-bond donors (Lipinski definition) is 2. The van der Waals surface area contributed by atoms with E-state index < -0.39 is 0 Å². The van der Waals surface area contributed by atoms with Crippen molar-refractivity contribution in [2.24, 2.45) is 0 Å². The molecule has 0 bridgehead atoms. The first-order valence-electron chi connectivity index (χ1n) is 6.80. The molecule has 22 heavy (non-hydrogen) atoms. The van der Waals surface area contributed by atoms with Crippen LogP contribution < -0.4 is 15.2 Å². The summed E-state index contributed by atoms with van der Waals surface area (Å²) in [6.45, 7) is 0. The molecule has 0 heterocycles. The number of para-hydroxylation sites is 2. The lowest BCUT2D eigenvalue weighted by molar-refractivity contribution is 0.417. The van der Waals surface area contributed by atoms with Gasteiger partial charge in [-0.1, -0.05) is 12.1 Å². The van der Waals surface area contributed by atoms with E-state index in [1.807, 2.05) is 24.3 Å². The third-order valence-corrected chi connectivity index (χ3v) is 3.02. The van der Waals surface area contributed by atoms with E-state index in [2.05, 4.69) is 0 Å². The number of hydrogen-bond acceptors (Lipinski definition) is 4. The van der Waals surface area contributed by atoms with Gasteiger partial charge in [0.25, 0.3) is 0 Å². The van der Waals surface area contributed by atoms with Crippen molar-refractivity contribution in [3.63, 3.8) is 0 Å². The average Bonchev–Trinajstić information content (AvgIpc) is 2.54. The van der Waals surface area contributed by atoms with Gasteiger partial charge in [0.05, 0.1) is 0 Å². The Labute approximate surface area is 128 Å². The molecule has 0 atom stereocenters. The first kappa shape index (κ1) is 13.8. The fraction of sp³-hybridized carbons (Fsp3) is 0. The number of phenols is 1. The van der Waals surface area contributed by atoms with Crippen LogP contribution in [0.5, 0.6) is 28.7 Å². The second-order valence-electron chi connectivity index (χ2n) is 4.71. The minimum atomic E-state index is 0.193. The second-order valence-corrected chi connectivity index (χ2v) is 4.71. The molecule has 3 N–H and O–H groups in total. The molecule has 3 aromatic rings. The Morgan fingerprint density at radius 1 is 0.636 bits per heavy atom. The number of nitrogen functional groups attached to an aromatic ring is 1. The average molecular weight is 293 g/mol. The molecule has 0 saturated carbocycles. The van der Waals surface area contributed by atoms with Crippen molar-refractivity contribution in [1.82, 2.24) is 0 Å². The first-order valence-corrected chi connectivity index (χ1v) is 6.80. The Balaban J connectivity index is 1.83. The predicted molar refractivity (Wildman–Crippen MR) is 85.6 cm³/mol. The van der Waals surface area contributed by atoms with Crippen molar-refractivity contribution in [1.29, 1.82) is 0 Å². The summed E-state index contributed by atoms with van der Waals surface area (Å²) >= 11 is 0. The van der Waals surface area contributed by atoms with E-state index in [-0.39, 0.29) is 5.75 Å². The Morgan fingerprint density at radius 2 is 1.09 bits per heavy atom. The van der Waals surface area contributed by atoms with Crippen molar-refractivity contribution in [3.8, 4) is 28.7 Å². The Kier molecular flexibility index (Phi) is 3.83. The van der Waals surface area contributed by atoms with Crippen LogP contribution in [0, 0.1) is 0 Å². The largest absolute Gasteiger partial charge is 0.508 e. The van der Waals surface area contributed by atoms with E-state index in [4.69, 9.17) is 15.2 Å². The molecular weight excluding hydrogens is 278 g/mol. The highest BCUT2D eigenvalue weighted by Gasteiger charge is 2.07. The summed E-state index contributed by atoms with van der Waals surface area (Å²) in [5.41, 5.74) is 6.35. The summed E-state index contributed by atoms with van der Waals surface area (Å²) in [6, 6.07) is 21.0. The van der Waals surface area contributed by atoms with Gasteiger partial charge in [0.15, 0.2) is 11.5 Å². The first-order chi connectivity index (χ1) is 10.7.